The first-order chi connectivity index (χ1) is 20.5. The zero-order chi connectivity index (χ0) is 29.3. The molecule has 9 heteroatoms. The third-order valence-electron chi connectivity index (χ3n) is 6.76. The Kier molecular flexibility index (Phi) is 9.51. The molecule has 2 aromatic heterocycles. The minimum Gasteiger partial charge on any atom is -0.494 e. The predicted molar refractivity (Wildman–Crippen MR) is 165 cm³/mol. The van der Waals surface area contributed by atoms with Crippen LogP contribution in [0.25, 0.3) is 33.3 Å². The van der Waals surface area contributed by atoms with Gasteiger partial charge in [0, 0.05) is 18.0 Å². The standard InChI is InChI=1S/C33H32N2O6S/c36-31(37)13-7-9-24-21-35(22-32(38)39)33-23(8-6-12-27(24)33)14-17-30-34-28-16-15-26(20-29(28)42-30)41-19-5-4-18-40-25-10-2-1-3-11-25/h1-3,6,8,10-12,14-17,20-21H,4-5,7,9,13,18-19,22H2,(H,36,37)(H,38,39)/b17-14+. The second-order valence-corrected chi connectivity index (χ2v) is 11.0. The van der Waals surface area contributed by atoms with Crippen molar-refractivity contribution >= 4 is 56.5 Å². The van der Waals surface area contributed by atoms with Crippen molar-refractivity contribution in [2.45, 2.75) is 38.6 Å². The van der Waals surface area contributed by atoms with Gasteiger partial charge in [-0.3, -0.25) is 9.59 Å². The molecule has 0 aliphatic rings. The topological polar surface area (TPSA) is 111 Å². The molecule has 42 heavy (non-hydrogen) atoms. The van der Waals surface area contributed by atoms with Gasteiger partial charge in [0.1, 0.15) is 23.1 Å². The summed E-state index contributed by atoms with van der Waals surface area (Å²) in [5, 5.41) is 20.3. The van der Waals surface area contributed by atoms with Crippen molar-refractivity contribution in [3.05, 3.63) is 89.1 Å². The van der Waals surface area contributed by atoms with Crippen LogP contribution in [0, 0.1) is 0 Å². The largest absolute Gasteiger partial charge is 0.494 e. The molecular weight excluding hydrogens is 552 g/mol. The number of aromatic nitrogens is 2. The van der Waals surface area contributed by atoms with E-state index in [4.69, 9.17) is 19.6 Å². The summed E-state index contributed by atoms with van der Waals surface area (Å²) < 4.78 is 14.4. The number of hydrogen-bond donors (Lipinski definition) is 2. The Morgan fingerprint density at radius 3 is 2.40 bits per heavy atom. The average molecular weight is 585 g/mol. The fourth-order valence-electron chi connectivity index (χ4n) is 4.84. The molecule has 216 valence electrons. The molecule has 2 N–H and O–H groups in total. The molecule has 0 unspecified atom stereocenters. The van der Waals surface area contributed by atoms with Gasteiger partial charge in [0.2, 0.25) is 0 Å². The van der Waals surface area contributed by atoms with E-state index in [1.54, 1.807) is 15.9 Å². The van der Waals surface area contributed by atoms with Crippen molar-refractivity contribution in [2.75, 3.05) is 13.2 Å². The molecule has 5 aromatic rings. The van der Waals surface area contributed by atoms with Crippen LogP contribution in [0.15, 0.2) is 72.9 Å². The van der Waals surface area contributed by atoms with Gasteiger partial charge in [-0.05, 0) is 79.3 Å². The maximum atomic E-state index is 11.6. The maximum Gasteiger partial charge on any atom is 0.323 e. The van der Waals surface area contributed by atoms with Crippen molar-refractivity contribution in [1.29, 1.82) is 0 Å². The lowest BCUT2D eigenvalue weighted by Crippen LogP contribution is -2.07. The summed E-state index contributed by atoms with van der Waals surface area (Å²) in [6, 6.07) is 21.5. The lowest BCUT2D eigenvalue weighted by atomic mass is 10.0. The van der Waals surface area contributed by atoms with E-state index in [2.05, 4.69) is 0 Å². The van der Waals surface area contributed by atoms with Crippen LogP contribution in [-0.2, 0) is 22.6 Å². The molecule has 0 bridgehead atoms. The number of carboxylic acid groups (broad SMARTS) is 2. The van der Waals surface area contributed by atoms with Gasteiger partial charge in [-0.1, -0.05) is 36.4 Å². The number of aryl methyl sites for hydroxylation is 1. The first-order valence-corrected chi connectivity index (χ1v) is 14.7. The van der Waals surface area contributed by atoms with Gasteiger partial charge in [-0.25, -0.2) is 4.98 Å². The van der Waals surface area contributed by atoms with E-state index >= 15 is 0 Å². The number of carboxylic acids is 2. The van der Waals surface area contributed by atoms with Crippen LogP contribution >= 0.6 is 11.3 Å². The molecule has 0 aliphatic carbocycles. The van der Waals surface area contributed by atoms with Crippen molar-refractivity contribution in [3.8, 4) is 11.5 Å². The number of rotatable bonds is 15. The number of hydrogen-bond acceptors (Lipinski definition) is 6. The molecule has 2 heterocycles. The SMILES string of the molecule is O=C(O)CCCc1cn(CC(=O)O)c2c(/C=C/c3nc4ccc(OCCCCOc5ccccc5)cc4s3)cccc12. The van der Waals surface area contributed by atoms with E-state index in [1.165, 1.54) is 0 Å². The number of para-hydroxylation sites is 2. The van der Waals surface area contributed by atoms with Gasteiger partial charge < -0.3 is 24.3 Å². The first-order valence-electron chi connectivity index (χ1n) is 13.9. The molecule has 0 saturated carbocycles. The van der Waals surface area contributed by atoms with Crippen molar-refractivity contribution < 1.29 is 29.3 Å². The monoisotopic (exact) mass is 584 g/mol. The number of nitrogens with zero attached hydrogens (tertiary/aromatic N) is 2. The average Bonchev–Trinajstić information content (AvgIpc) is 3.54. The highest BCUT2D eigenvalue weighted by Crippen LogP contribution is 2.30. The maximum absolute atomic E-state index is 11.6. The number of benzene rings is 3. The lowest BCUT2D eigenvalue weighted by molar-refractivity contribution is -0.138. The molecule has 5 rings (SSSR count). The zero-order valence-corrected chi connectivity index (χ0v) is 23.9. The van der Waals surface area contributed by atoms with E-state index in [0.717, 1.165) is 61.6 Å². The molecular formula is C33H32N2O6S. The third kappa shape index (κ3) is 7.55. The van der Waals surface area contributed by atoms with Gasteiger partial charge >= 0.3 is 11.9 Å². The highest BCUT2D eigenvalue weighted by molar-refractivity contribution is 7.19. The summed E-state index contributed by atoms with van der Waals surface area (Å²) in [5.41, 5.74) is 3.51. The number of unbranched alkanes of at least 4 members (excludes halogenated alkanes) is 1. The molecule has 0 spiro atoms. The van der Waals surface area contributed by atoms with Gasteiger partial charge in [0.05, 0.1) is 28.9 Å². The van der Waals surface area contributed by atoms with E-state index in [1.807, 2.05) is 85.1 Å². The Bertz CT molecular complexity index is 1710. The second kappa shape index (κ2) is 13.8. The normalized spacial score (nSPS) is 11.4. The van der Waals surface area contributed by atoms with Crippen LogP contribution in [0.1, 0.15) is 41.8 Å². The van der Waals surface area contributed by atoms with Crippen molar-refractivity contribution in [1.82, 2.24) is 9.55 Å². The van der Waals surface area contributed by atoms with Crippen LogP contribution in [0.4, 0.5) is 0 Å². The van der Waals surface area contributed by atoms with E-state index in [9.17, 15) is 14.7 Å². The van der Waals surface area contributed by atoms with E-state index in [-0.39, 0.29) is 13.0 Å². The lowest BCUT2D eigenvalue weighted by Gasteiger charge is -2.07. The number of thiazole rings is 1. The Morgan fingerprint density at radius 2 is 1.64 bits per heavy atom. The Hall–Kier alpha value is -4.63. The summed E-state index contributed by atoms with van der Waals surface area (Å²) in [6.45, 7) is 1.08. The third-order valence-corrected chi connectivity index (χ3v) is 7.74. The molecule has 0 amide bonds. The predicted octanol–water partition coefficient (Wildman–Crippen LogP) is 7.15. The van der Waals surface area contributed by atoms with Crippen LogP contribution in [0.3, 0.4) is 0 Å². The van der Waals surface area contributed by atoms with Gasteiger partial charge in [0.25, 0.3) is 0 Å². The van der Waals surface area contributed by atoms with Crippen LogP contribution in [-0.4, -0.2) is 44.9 Å². The highest BCUT2D eigenvalue weighted by Gasteiger charge is 2.14. The van der Waals surface area contributed by atoms with E-state index in [0.29, 0.717) is 26.1 Å². The summed E-state index contributed by atoms with van der Waals surface area (Å²) >= 11 is 1.56. The van der Waals surface area contributed by atoms with Gasteiger partial charge in [0.15, 0.2) is 0 Å². The minimum absolute atomic E-state index is 0.0687. The molecule has 8 nitrogen and oxygen atoms in total. The van der Waals surface area contributed by atoms with Crippen LogP contribution in [0.2, 0.25) is 0 Å². The molecule has 3 aromatic carbocycles. The first kappa shape index (κ1) is 28.9. The summed E-state index contributed by atoms with van der Waals surface area (Å²) in [4.78, 5) is 27.3. The summed E-state index contributed by atoms with van der Waals surface area (Å²) in [5.74, 6) is -0.0977. The quantitative estimate of drug-likeness (QED) is 0.126. The highest BCUT2D eigenvalue weighted by atomic mass is 32.1. The second-order valence-electron chi connectivity index (χ2n) is 9.90. The van der Waals surface area contributed by atoms with Crippen LogP contribution in [0.5, 0.6) is 11.5 Å². The molecule has 0 radical (unpaired) electrons. The molecule has 0 atom stereocenters. The van der Waals surface area contributed by atoms with Gasteiger partial charge in [-0.2, -0.15) is 0 Å². The number of aliphatic carboxylic acids is 2. The Labute approximate surface area is 247 Å². The smallest absolute Gasteiger partial charge is 0.323 e. The van der Waals surface area contributed by atoms with E-state index < -0.39 is 11.9 Å². The number of fused-ring (bicyclic) bond motifs is 2. The Morgan fingerprint density at radius 1 is 0.857 bits per heavy atom. The molecule has 0 aliphatic heterocycles. The fraction of sp³-hybridized carbons (Fsp3) is 0.242. The molecule has 0 fully saturated rings. The van der Waals surface area contributed by atoms with Crippen LogP contribution < -0.4 is 9.47 Å². The van der Waals surface area contributed by atoms with Gasteiger partial charge in [-0.15, -0.1) is 11.3 Å². The zero-order valence-electron chi connectivity index (χ0n) is 23.1. The van der Waals surface area contributed by atoms with Crippen molar-refractivity contribution in [3.63, 3.8) is 0 Å². The molecule has 0 saturated heterocycles. The fourth-order valence-corrected chi connectivity index (χ4v) is 5.74. The van der Waals surface area contributed by atoms with Crippen molar-refractivity contribution in [2.24, 2.45) is 0 Å². The number of ether oxygens (including phenoxy) is 2. The summed E-state index contributed by atoms with van der Waals surface area (Å²) in [6.07, 6.45) is 8.63. The summed E-state index contributed by atoms with van der Waals surface area (Å²) in [7, 11) is 0. The minimum atomic E-state index is -0.938. The number of carbonyl (C=O) groups is 2. The Balaban J connectivity index is 1.24.